The molecule has 0 amide bonds. The average Bonchev–Trinajstić information content (AvgIpc) is 3.39. The molecule has 0 fully saturated rings. The number of rotatable bonds is 5. The third-order valence-corrected chi connectivity index (χ3v) is 7.69. The van der Waals surface area contributed by atoms with Gasteiger partial charge in [0, 0.05) is 37.9 Å². The van der Waals surface area contributed by atoms with Crippen LogP contribution < -0.4 is 4.90 Å². The van der Waals surface area contributed by atoms with Crippen molar-refractivity contribution in [2.24, 2.45) is 0 Å². The zero-order chi connectivity index (χ0) is 26.2. The number of halogens is 1. The first-order valence-electron chi connectivity index (χ1n) is 13.0. The van der Waals surface area contributed by atoms with Gasteiger partial charge in [-0.1, -0.05) is 107 Å². The van der Waals surface area contributed by atoms with Crippen molar-refractivity contribution < 1.29 is 4.42 Å². The Balaban J connectivity index is 1.29. The highest BCUT2D eigenvalue weighted by atomic mass is 79.9. The van der Waals surface area contributed by atoms with Crippen molar-refractivity contribution in [2.75, 3.05) is 4.90 Å². The fourth-order valence-electron chi connectivity index (χ4n) is 5.24. The molecule has 0 N–H and O–H groups in total. The number of fused-ring (bicyclic) bond motifs is 3. The number of benzene rings is 6. The summed E-state index contributed by atoms with van der Waals surface area (Å²) in [5, 5.41) is 2.29. The highest BCUT2D eigenvalue weighted by molar-refractivity contribution is 9.10. The Bertz CT molecular complexity index is 1890. The Hall–Kier alpha value is -4.60. The summed E-state index contributed by atoms with van der Waals surface area (Å²) in [6.07, 6.45) is 0. The van der Waals surface area contributed by atoms with Gasteiger partial charge < -0.3 is 9.32 Å². The molecule has 0 unspecified atom stereocenters. The van der Waals surface area contributed by atoms with Crippen molar-refractivity contribution in [3.63, 3.8) is 0 Å². The molecule has 39 heavy (non-hydrogen) atoms. The number of anilines is 3. The molecule has 1 aromatic heterocycles. The molecule has 0 aliphatic heterocycles. The maximum atomic E-state index is 6.30. The van der Waals surface area contributed by atoms with Crippen LogP contribution in [0.15, 0.2) is 154 Å². The van der Waals surface area contributed by atoms with Crippen LogP contribution >= 0.6 is 15.9 Å². The van der Waals surface area contributed by atoms with Crippen molar-refractivity contribution in [1.29, 1.82) is 0 Å². The fourth-order valence-corrected chi connectivity index (χ4v) is 5.50. The monoisotopic (exact) mass is 565 g/mol. The molecule has 0 saturated heterocycles. The molecule has 3 heteroatoms. The quantitative estimate of drug-likeness (QED) is 0.206. The second-order valence-electron chi connectivity index (χ2n) is 9.55. The lowest BCUT2D eigenvalue weighted by Crippen LogP contribution is -2.09. The third kappa shape index (κ3) is 4.41. The highest BCUT2D eigenvalue weighted by Crippen LogP contribution is 2.39. The minimum Gasteiger partial charge on any atom is -0.455 e. The van der Waals surface area contributed by atoms with Gasteiger partial charge in [-0.25, -0.2) is 0 Å². The largest absolute Gasteiger partial charge is 0.455 e. The summed E-state index contributed by atoms with van der Waals surface area (Å²) in [5.74, 6) is 0. The van der Waals surface area contributed by atoms with Crippen molar-refractivity contribution in [2.45, 2.75) is 0 Å². The summed E-state index contributed by atoms with van der Waals surface area (Å²) < 4.78 is 7.35. The predicted molar refractivity (Wildman–Crippen MR) is 167 cm³/mol. The molecule has 2 nitrogen and oxygen atoms in total. The van der Waals surface area contributed by atoms with Crippen molar-refractivity contribution >= 4 is 54.9 Å². The van der Waals surface area contributed by atoms with Crippen LogP contribution in [0.3, 0.4) is 0 Å². The van der Waals surface area contributed by atoms with Gasteiger partial charge in [0.25, 0.3) is 0 Å². The van der Waals surface area contributed by atoms with Crippen LogP contribution in [-0.2, 0) is 0 Å². The summed E-state index contributed by atoms with van der Waals surface area (Å²) in [5.41, 5.74) is 9.75. The second kappa shape index (κ2) is 9.94. The Labute approximate surface area is 235 Å². The van der Waals surface area contributed by atoms with E-state index < -0.39 is 0 Å². The van der Waals surface area contributed by atoms with Crippen molar-refractivity contribution in [3.8, 4) is 22.3 Å². The van der Waals surface area contributed by atoms with Gasteiger partial charge in [-0.3, -0.25) is 0 Å². The van der Waals surface area contributed by atoms with Crippen molar-refractivity contribution in [3.05, 3.63) is 150 Å². The molecule has 6 aromatic carbocycles. The summed E-state index contributed by atoms with van der Waals surface area (Å²) in [4.78, 5) is 2.28. The molecular weight excluding hydrogens is 542 g/mol. The van der Waals surface area contributed by atoms with Gasteiger partial charge in [0.2, 0.25) is 0 Å². The fraction of sp³-hybridized carbons (Fsp3) is 0. The number of furan rings is 1. The smallest absolute Gasteiger partial charge is 0.143 e. The molecule has 0 bridgehead atoms. The minimum atomic E-state index is 0.914. The summed E-state index contributed by atoms with van der Waals surface area (Å²) in [7, 11) is 0. The molecule has 0 saturated carbocycles. The molecule has 0 atom stereocenters. The summed E-state index contributed by atoms with van der Waals surface area (Å²) in [6, 6.07) is 51.0. The molecule has 0 spiro atoms. The van der Waals surface area contributed by atoms with E-state index in [0.29, 0.717) is 0 Å². The molecule has 0 radical (unpaired) electrons. The lowest BCUT2D eigenvalue weighted by Gasteiger charge is -2.26. The van der Waals surface area contributed by atoms with E-state index in [2.05, 4.69) is 148 Å². The van der Waals surface area contributed by atoms with Gasteiger partial charge in [0.05, 0.1) is 0 Å². The first kappa shape index (κ1) is 23.5. The minimum absolute atomic E-state index is 0.914. The predicted octanol–water partition coefficient (Wildman–Crippen LogP) is 11.2. The SMILES string of the molecule is Brc1ccc(N(c2ccc(-c3ccccc3)cc2)c2ccc(-c3cccc4c3oc3ccccc34)cc2)cc1. The number of hydrogen-bond acceptors (Lipinski definition) is 2. The molecule has 1 heterocycles. The molecular formula is C36H24BrNO. The Morgan fingerprint density at radius 2 is 0.974 bits per heavy atom. The Morgan fingerprint density at radius 3 is 1.67 bits per heavy atom. The second-order valence-corrected chi connectivity index (χ2v) is 10.5. The molecule has 0 aliphatic carbocycles. The van der Waals surface area contributed by atoms with Gasteiger partial charge in [-0.05, 0) is 71.3 Å². The van der Waals surface area contributed by atoms with Crippen LogP contribution in [0.5, 0.6) is 0 Å². The van der Waals surface area contributed by atoms with Crippen LogP contribution in [-0.4, -0.2) is 0 Å². The van der Waals surface area contributed by atoms with E-state index in [4.69, 9.17) is 4.42 Å². The number of para-hydroxylation sites is 2. The zero-order valence-corrected chi connectivity index (χ0v) is 22.7. The van der Waals surface area contributed by atoms with E-state index >= 15 is 0 Å². The van der Waals surface area contributed by atoms with E-state index in [1.54, 1.807) is 0 Å². The van der Waals surface area contributed by atoms with Gasteiger partial charge in [0.15, 0.2) is 0 Å². The third-order valence-electron chi connectivity index (χ3n) is 7.16. The van der Waals surface area contributed by atoms with Crippen LogP contribution in [0.1, 0.15) is 0 Å². The summed E-state index contributed by atoms with van der Waals surface area (Å²) in [6.45, 7) is 0. The van der Waals surface area contributed by atoms with E-state index in [1.807, 2.05) is 18.2 Å². The molecule has 7 rings (SSSR count). The van der Waals surface area contributed by atoms with Crippen molar-refractivity contribution in [1.82, 2.24) is 0 Å². The number of nitrogens with zero attached hydrogens (tertiary/aromatic N) is 1. The van der Waals surface area contributed by atoms with E-state index in [-0.39, 0.29) is 0 Å². The van der Waals surface area contributed by atoms with Crippen LogP contribution in [0, 0.1) is 0 Å². The van der Waals surface area contributed by atoms with E-state index in [1.165, 1.54) is 11.1 Å². The topological polar surface area (TPSA) is 16.4 Å². The van der Waals surface area contributed by atoms with Gasteiger partial charge >= 0.3 is 0 Å². The average molecular weight is 566 g/mol. The standard InChI is InChI=1S/C36H24BrNO/c37-28-17-23-31(24-18-28)38(29-19-13-26(14-20-29)25-7-2-1-3-8-25)30-21-15-27(16-22-30)32-10-6-11-34-33-9-4-5-12-35(33)39-36(32)34/h1-24H. The lowest BCUT2D eigenvalue weighted by molar-refractivity contribution is 0.670. The maximum Gasteiger partial charge on any atom is 0.143 e. The Kier molecular flexibility index (Phi) is 5.99. The highest BCUT2D eigenvalue weighted by Gasteiger charge is 2.15. The van der Waals surface area contributed by atoms with Gasteiger partial charge in [0.1, 0.15) is 11.2 Å². The van der Waals surface area contributed by atoms with Gasteiger partial charge in [-0.15, -0.1) is 0 Å². The van der Waals surface area contributed by atoms with Crippen LogP contribution in [0.2, 0.25) is 0 Å². The molecule has 0 aliphatic rings. The van der Waals surface area contributed by atoms with E-state index in [9.17, 15) is 0 Å². The normalized spacial score (nSPS) is 11.2. The Morgan fingerprint density at radius 1 is 0.436 bits per heavy atom. The number of hydrogen-bond donors (Lipinski definition) is 0. The molecule has 7 aromatic rings. The zero-order valence-electron chi connectivity index (χ0n) is 21.1. The van der Waals surface area contributed by atoms with E-state index in [0.717, 1.165) is 54.6 Å². The molecule has 186 valence electrons. The van der Waals surface area contributed by atoms with Gasteiger partial charge in [-0.2, -0.15) is 0 Å². The first-order chi connectivity index (χ1) is 19.2. The van der Waals surface area contributed by atoms with Crippen LogP contribution in [0.25, 0.3) is 44.2 Å². The lowest BCUT2D eigenvalue weighted by atomic mass is 10.0. The summed E-state index contributed by atoms with van der Waals surface area (Å²) >= 11 is 3.58. The van der Waals surface area contributed by atoms with Crippen LogP contribution in [0.4, 0.5) is 17.1 Å². The maximum absolute atomic E-state index is 6.30. The first-order valence-corrected chi connectivity index (χ1v) is 13.8.